The van der Waals surface area contributed by atoms with Crippen molar-refractivity contribution >= 4 is 16.8 Å². The Bertz CT molecular complexity index is 899. The fourth-order valence-electron chi connectivity index (χ4n) is 3.60. The maximum atomic E-state index is 13.7. The fourth-order valence-corrected chi connectivity index (χ4v) is 3.60. The van der Waals surface area contributed by atoms with Crippen LogP contribution in [0, 0.1) is 5.82 Å². The number of nitrogens with one attached hydrogen (secondary N) is 1. The van der Waals surface area contributed by atoms with Gasteiger partial charge in [0.05, 0.1) is 6.04 Å². The zero-order valence-electron chi connectivity index (χ0n) is 12.8. The second-order valence-corrected chi connectivity index (χ2v) is 5.98. The second kappa shape index (κ2) is 5.23. The summed E-state index contributed by atoms with van der Waals surface area (Å²) in [6, 6.07) is 14.4. The first kappa shape index (κ1) is 14.0. The van der Waals surface area contributed by atoms with Gasteiger partial charge in [-0.1, -0.05) is 30.3 Å². The molecule has 1 aromatic heterocycles. The van der Waals surface area contributed by atoms with Gasteiger partial charge in [-0.2, -0.15) is 0 Å². The molecule has 4 rings (SSSR count). The normalized spacial score (nSPS) is 17.3. The summed E-state index contributed by atoms with van der Waals surface area (Å²) in [6.07, 6.45) is 0.810. The number of aromatic amines is 1. The molecule has 1 atom stereocenters. The number of para-hydroxylation sites is 1. The first-order valence-corrected chi connectivity index (χ1v) is 7.77. The van der Waals surface area contributed by atoms with E-state index in [1.54, 1.807) is 13.0 Å². The standard InChI is InChI=1S/C19H17FN2O/c1-12(23)22-10-9-16-15-7-2-3-8-17(15)21-18(16)19(22)13-5-4-6-14(20)11-13/h2-8,11,19,21H,9-10H2,1H3. The van der Waals surface area contributed by atoms with Crippen LogP contribution in [-0.2, 0) is 11.2 Å². The molecule has 0 radical (unpaired) electrons. The zero-order chi connectivity index (χ0) is 16.0. The quantitative estimate of drug-likeness (QED) is 0.729. The highest BCUT2D eigenvalue weighted by atomic mass is 19.1. The van der Waals surface area contributed by atoms with Crippen LogP contribution >= 0.6 is 0 Å². The summed E-state index contributed by atoms with van der Waals surface area (Å²) in [5.41, 5.74) is 4.09. The minimum Gasteiger partial charge on any atom is -0.356 e. The molecule has 3 aromatic rings. The summed E-state index contributed by atoms with van der Waals surface area (Å²) in [5, 5.41) is 1.19. The van der Waals surface area contributed by atoms with E-state index >= 15 is 0 Å². The highest BCUT2D eigenvalue weighted by Crippen LogP contribution is 2.38. The number of halogens is 1. The van der Waals surface area contributed by atoms with Gasteiger partial charge in [-0.25, -0.2) is 4.39 Å². The van der Waals surface area contributed by atoms with E-state index in [-0.39, 0.29) is 17.8 Å². The zero-order valence-corrected chi connectivity index (χ0v) is 12.8. The van der Waals surface area contributed by atoms with Crippen LogP contribution in [0.15, 0.2) is 48.5 Å². The van der Waals surface area contributed by atoms with E-state index < -0.39 is 0 Å². The van der Waals surface area contributed by atoms with E-state index in [1.807, 2.05) is 29.2 Å². The molecule has 1 aliphatic rings. The molecule has 116 valence electrons. The topological polar surface area (TPSA) is 36.1 Å². The molecule has 3 nitrogen and oxygen atoms in total. The van der Waals surface area contributed by atoms with Crippen LogP contribution in [-0.4, -0.2) is 22.3 Å². The number of aromatic nitrogens is 1. The van der Waals surface area contributed by atoms with Crippen LogP contribution in [0.3, 0.4) is 0 Å². The van der Waals surface area contributed by atoms with E-state index in [1.165, 1.54) is 23.1 Å². The molecular formula is C19H17FN2O. The Hall–Kier alpha value is -2.62. The summed E-state index contributed by atoms with van der Waals surface area (Å²) in [7, 11) is 0. The maximum absolute atomic E-state index is 13.7. The fraction of sp³-hybridized carbons (Fsp3) is 0.211. The minimum atomic E-state index is -0.283. The Kier molecular flexibility index (Phi) is 3.18. The van der Waals surface area contributed by atoms with Gasteiger partial charge in [0, 0.05) is 30.1 Å². The van der Waals surface area contributed by atoms with Crippen molar-refractivity contribution in [3.8, 4) is 0 Å². The number of rotatable bonds is 1. The molecule has 1 aliphatic heterocycles. The van der Waals surface area contributed by atoms with Gasteiger partial charge in [-0.15, -0.1) is 0 Å². The van der Waals surface area contributed by atoms with Crippen molar-refractivity contribution in [2.75, 3.05) is 6.54 Å². The third kappa shape index (κ3) is 2.22. The highest BCUT2D eigenvalue weighted by molar-refractivity contribution is 5.86. The SMILES string of the molecule is CC(=O)N1CCc2c([nH]c3ccccc23)C1c1cccc(F)c1. The number of amides is 1. The number of hydrogen-bond donors (Lipinski definition) is 1. The number of fused-ring (bicyclic) bond motifs is 3. The average Bonchev–Trinajstić information content (AvgIpc) is 2.92. The number of carbonyl (C=O) groups is 1. The van der Waals surface area contributed by atoms with Gasteiger partial charge in [0.2, 0.25) is 5.91 Å². The molecule has 0 aliphatic carbocycles. The molecule has 0 spiro atoms. The van der Waals surface area contributed by atoms with E-state index in [2.05, 4.69) is 11.1 Å². The number of carbonyl (C=O) groups excluding carboxylic acids is 1. The smallest absolute Gasteiger partial charge is 0.220 e. The van der Waals surface area contributed by atoms with Gasteiger partial charge in [0.1, 0.15) is 5.82 Å². The molecule has 2 aromatic carbocycles. The van der Waals surface area contributed by atoms with Crippen LogP contribution < -0.4 is 0 Å². The Morgan fingerprint density at radius 2 is 2.04 bits per heavy atom. The van der Waals surface area contributed by atoms with E-state index in [0.717, 1.165) is 23.2 Å². The number of H-pyrrole nitrogens is 1. The van der Waals surface area contributed by atoms with Gasteiger partial charge in [0.15, 0.2) is 0 Å². The number of hydrogen-bond acceptors (Lipinski definition) is 1. The van der Waals surface area contributed by atoms with Crippen molar-refractivity contribution in [3.63, 3.8) is 0 Å². The lowest BCUT2D eigenvalue weighted by Crippen LogP contribution is -2.39. The third-order valence-electron chi connectivity index (χ3n) is 4.60. The minimum absolute atomic E-state index is 0.00330. The maximum Gasteiger partial charge on any atom is 0.220 e. The van der Waals surface area contributed by atoms with Crippen molar-refractivity contribution in [1.82, 2.24) is 9.88 Å². The van der Waals surface area contributed by atoms with Crippen LogP contribution in [0.25, 0.3) is 10.9 Å². The lowest BCUT2D eigenvalue weighted by atomic mass is 9.92. The van der Waals surface area contributed by atoms with Gasteiger partial charge in [0.25, 0.3) is 0 Å². The highest BCUT2D eigenvalue weighted by Gasteiger charge is 2.33. The average molecular weight is 308 g/mol. The van der Waals surface area contributed by atoms with Crippen LogP contribution in [0.1, 0.15) is 29.8 Å². The lowest BCUT2D eigenvalue weighted by Gasteiger charge is -2.35. The molecule has 1 unspecified atom stereocenters. The summed E-state index contributed by atoms with van der Waals surface area (Å²) in [6.45, 7) is 2.21. The molecule has 4 heteroatoms. The van der Waals surface area contributed by atoms with Gasteiger partial charge in [-0.3, -0.25) is 4.79 Å². The first-order valence-electron chi connectivity index (χ1n) is 7.77. The molecule has 0 saturated carbocycles. The summed E-state index contributed by atoms with van der Waals surface area (Å²) < 4.78 is 13.7. The van der Waals surface area contributed by atoms with E-state index in [4.69, 9.17) is 0 Å². The van der Waals surface area contributed by atoms with E-state index in [9.17, 15) is 9.18 Å². The largest absolute Gasteiger partial charge is 0.356 e. The van der Waals surface area contributed by atoms with Crippen LogP contribution in [0.5, 0.6) is 0 Å². The predicted molar refractivity (Wildman–Crippen MR) is 87.6 cm³/mol. The Labute approximate surface area is 133 Å². The van der Waals surface area contributed by atoms with Gasteiger partial charge in [-0.05, 0) is 35.7 Å². The van der Waals surface area contributed by atoms with Crippen molar-refractivity contribution in [3.05, 3.63) is 71.2 Å². The van der Waals surface area contributed by atoms with E-state index in [0.29, 0.717) is 6.54 Å². The second-order valence-electron chi connectivity index (χ2n) is 5.98. The summed E-state index contributed by atoms with van der Waals surface area (Å²) >= 11 is 0. The molecule has 1 N–H and O–H groups in total. The molecule has 1 amide bonds. The van der Waals surface area contributed by atoms with Crippen molar-refractivity contribution in [2.45, 2.75) is 19.4 Å². The Morgan fingerprint density at radius 1 is 1.22 bits per heavy atom. The molecule has 0 fully saturated rings. The Balaban J connectivity index is 1.95. The molecule has 0 bridgehead atoms. The molecule has 2 heterocycles. The third-order valence-corrected chi connectivity index (χ3v) is 4.60. The van der Waals surface area contributed by atoms with Gasteiger partial charge >= 0.3 is 0 Å². The summed E-state index contributed by atoms with van der Waals surface area (Å²) in [4.78, 5) is 17.4. The van der Waals surface area contributed by atoms with Crippen LogP contribution in [0.4, 0.5) is 4.39 Å². The van der Waals surface area contributed by atoms with Crippen molar-refractivity contribution < 1.29 is 9.18 Å². The predicted octanol–water partition coefficient (Wildman–Crippen LogP) is 3.80. The van der Waals surface area contributed by atoms with Crippen molar-refractivity contribution in [2.24, 2.45) is 0 Å². The lowest BCUT2D eigenvalue weighted by molar-refractivity contribution is -0.130. The Morgan fingerprint density at radius 3 is 2.83 bits per heavy atom. The molecule has 23 heavy (non-hydrogen) atoms. The summed E-state index contributed by atoms with van der Waals surface area (Å²) in [5.74, 6) is -0.280. The van der Waals surface area contributed by atoms with Crippen LogP contribution in [0.2, 0.25) is 0 Å². The first-order chi connectivity index (χ1) is 11.1. The number of benzene rings is 2. The molecular weight excluding hydrogens is 291 g/mol. The number of nitrogens with zero attached hydrogens (tertiary/aromatic N) is 1. The monoisotopic (exact) mass is 308 g/mol. The van der Waals surface area contributed by atoms with Crippen molar-refractivity contribution in [1.29, 1.82) is 0 Å². The molecule has 0 saturated heterocycles. The van der Waals surface area contributed by atoms with Gasteiger partial charge < -0.3 is 9.88 Å².